The summed E-state index contributed by atoms with van der Waals surface area (Å²) in [5.41, 5.74) is 9.66. The van der Waals surface area contributed by atoms with Gasteiger partial charge in [0.05, 0.1) is 0 Å². The Morgan fingerprint density at radius 1 is 1.33 bits per heavy atom. The van der Waals surface area contributed by atoms with Gasteiger partial charge in [0.25, 0.3) is 0 Å². The van der Waals surface area contributed by atoms with Crippen LogP contribution in [0.15, 0.2) is 36.5 Å². The third kappa shape index (κ3) is 2.85. The SMILES string of the molecule is Cc1ccc(C)c(CC(NN)C2CCc3cccnc32)c1. The normalized spacial score (nSPS) is 18.5. The van der Waals surface area contributed by atoms with Crippen molar-refractivity contribution in [2.24, 2.45) is 5.84 Å². The van der Waals surface area contributed by atoms with Crippen molar-refractivity contribution in [1.82, 2.24) is 10.4 Å². The van der Waals surface area contributed by atoms with E-state index in [0.29, 0.717) is 5.92 Å². The molecule has 21 heavy (non-hydrogen) atoms. The van der Waals surface area contributed by atoms with Crippen LogP contribution in [0.5, 0.6) is 0 Å². The molecule has 0 bridgehead atoms. The van der Waals surface area contributed by atoms with Crippen molar-refractivity contribution in [3.63, 3.8) is 0 Å². The highest BCUT2D eigenvalue weighted by molar-refractivity contribution is 5.34. The molecule has 3 nitrogen and oxygen atoms in total. The summed E-state index contributed by atoms with van der Waals surface area (Å²) in [7, 11) is 0. The van der Waals surface area contributed by atoms with Crippen LogP contribution >= 0.6 is 0 Å². The van der Waals surface area contributed by atoms with E-state index in [1.807, 2.05) is 12.3 Å². The van der Waals surface area contributed by atoms with Gasteiger partial charge in [0.15, 0.2) is 0 Å². The summed E-state index contributed by atoms with van der Waals surface area (Å²) < 4.78 is 0. The quantitative estimate of drug-likeness (QED) is 0.669. The number of nitrogens with two attached hydrogens (primary N) is 1. The Morgan fingerprint density at radius 3 is 3.00 bits per heavy atom. The zero-order chi connectivity index (χ0) is 14.8. The summed E-state index contributed by atoms with van der Waals surface area (Å²) in [5, 5.41) is 0. The second-order valence-electron chi connectivity index (χ2n) is 6.10. The van der Waals surface area contributed by atoms with Gasteiger partial charge >= 0.3 is 0 Å². The highest BCUT2D eigenvalue weighted by Gasteiger charge is 2.30. The summed E-state index contributed by atoms with van der Waals surface area (Å²) in [5.74, 6) is 6.28. The first-order chi connectivity index (χ1) is 10.2. The Hall–Kier alpha value is -1.71. The van der Waals surface area contributed by atoms with Crippen LogP contribution in [0, 0.1) is 13.8 Å². The molecule has 0 spiro atoms. The predicted molar refractivity (Wildman–Crippen MR) is 86.0 cm³/mol. The maximum Gasteiger partial charge on any atom is 0.0482 e. The zero-order valence-electron chi connectivity index (χ0n) is 12.8. The molecule has 2 aromatic rings. The lowest BCUT2D eigenvalue weighted by atomic mass is 9.90. The molecule has 3 heteroatoms. The Balaban J connectivity index is 1.85. The highest BCUT2D eigenvalue weighted by atomic mass is 15.2. The van der Waals surface area contributed by atoms with E-state index < -0.39 is 0 Å². The monoisotopic (exact) mass is 281 g/mol. The van der Waals surface area contributed by atoms with Crippen molar-refractivity contribution >= 4 is 0 Å². The molecule has 1 aliphatic rings. The second-order valence-corrected chi connectivity index (χ2v) is 6.10. The molecule has 110 valence electrons. The Kier molecular flexibility index (Phi) is 4.04. The fraction of sp³-hybridized carbons (Fsp3) is 0.389. The fourth-order valence-electron chi connectivity index (χ4n) is 3.41. The van der Waals surface area contributed by atoms with Crippen molar-refractivity contribution in [2.45, 2.75) is 45.1 Å². The average Bonchev–Trinajstić information content (AvgIpc) is 2.92. The number of hydrazine groups is 1. The van der Waals surface area contributed by atoms with Crippen LogP contribution < -0.4 is 11.3 Å². The van der Waals surface area contributed by atoms with Crippen LogP contribution in [-0.4, -0.2) is 11.0 Å². The van der Waals surface area contributed by atoms with Gasteiger partial charge in [-0.2, -0.15) is 0 Å². The number of hydrogen-bond acceptors (Lipinski definition) is 3. The second kappa shape index (κ2) is 5.96. The van der Waals surface area contributed by atoms with E-state index in [0.717, 1.165) is 19.3 Å². The first kappa shape index (κ1) is 14.2. The number of aryl methyl sites for hydroxylation is 3. The van der Waals surface area contributed by atoms with Gasteiger partial charge in [-0.3, -0.25) is 16.3 Å². The lowest BCUT2D eigenvalue weighted by molar-refractivity contribution is 0.428. The summed E-state index contributed by atoms with van der Waals surface area (Å²) in [6.07, 6.45) is 5.08. The van der Waals surface area contributed by atoms with E-state index in [9.17, 15) is 0 Å². The number of pyridine rings is 1. The van der Waals surface area contributed by atoms with Crippen molar-refractivity contribution in [2.75, 3.05) is 0 Å². The molecule has 1 aromatic carbocycles. The Bertz CT molecular complexity index is 636. The first-order valence-electron chi connectivity index (χ1n) is 7.65. The van der Waals surface area contributed by atoms with E-state index in [4.69, 9.17) is 5.84 Å². The van der Waals surface area contributed by atoms with Crippen molar-refractivity contribution < 1.29 is 0 Å². The third-order valence-electron chi connectivity index (χ3n) is 4.65. The lowest BCUT2D eigenvalue weighted by Gasteiger charge is -2.24. The molecule has 3 N–H and O–H groups in total. The van der Waals surface area contributed by atoms with Crippen molar-refractivity contribution in [3.05, 3.63) is 64.5 Å². The lowest BCUT2D eigenvalue weighted by Crippen LogP contribution is -2.41. The van der Waals surface area contributed by atoms with Gasteiger partial charge in [-0.15, -0.1) is 0 Å². The molecule has 0 aliphatic heterocycles. The summed E-state index contributed by atoms with van der Waals surface area (Å²) in [4.78, 5) is 4.60. The molecule has 0 saturated heterocycles. The first-order valence-corrected chi connectivity index (χ1v) is 7.65. The predicted octanol–water partition coefficient (Wildman–Crippen LogP) is 2.80. The Labute approximate surface area is 126 Å². The molecule has 0 amide bonds. The largest absolute Gasteiger partial charge is 0.271 e. The topological polar surface area (TPSA) is 50.9 Å². The van der Waals surface area contributed by atoms with Crippen molar-refractivity contribution in [3.8, 4) is 0 Å². The minimum Gasteiger partial charge on any atom is -0.271 e. The van der Waals surface area contributed by atoms with E-state index >= 15 is 0 Å². The van der Waals surface area contributed by atoms with Crippen LogP contribution in [0.1, 0.15) is 40.3 Å². The van der Waals surface area contributed by atoms with Gasteiger partial charge in [-0.1, -0.05) is 29.8 Å². The number of rotatable bonds is 4. The fourth-order valence-corrected chi connectivity index (χ4v) is 3.41. The Morgan fingerprint density at radius 2 is 2.19 bits per heavy atom. The zero-order valence-corrected chi connectivity index (χ0v) is 12.8. The van der Waals surface area contributed by atoms with Gasteiger partial charge in [-0.05, 0) is 55.9 Å². The summed E-state index contributed by atoms with van der Waals surface area (Å²) >= 11 is 0. The minimum absolute atomic E-state index is 0.238. The van der Waals surface area contributed by atoms with Gasteiger partial charge in [0.2, 0.25) is 0 Å². The number of fused-ring (bicyclic) bond motifs is 1. The number of aromatic nitrogens is 1. The van der Waals surface area contributed by atoms with Crippen molar-refractivity contribution in [1.29, 1.82) is 0 Å². The molecule has 1 aliphatic carbocycles. The van der Waals surface area contributed by atoms with Crippen LogP contribution in [0.4, 0.5) is 0 Å². The summed E-state index contributed by atoms with van der Waals surface area (Å²) in [6.45, 7) is 4.31. The maximum absolute atomic E-state index is 5.87. The molecule has 2 unspecified atom stereocenters. The van der Waals surface area contributed by atoms with Gasteiger partial charge in [-0.25, -0.2) is 0 Å². The molecule has 0 radical (unpaired) electrons. The molecule has 0 fully saturated rings. The average molecular weight is 281 g/mol. The highest BCUT2D eigenvalue weighted by Crippen LogP contribution is 2.34. The number of nitrogens with zero attached hydrogens (tertiary/aromatic N) is 1. The van der Waals surface area contributed by atoms with Crippen LogP contribution in [0.25, 0.3) is 0 Å². The van der Waals surface area contributed by atoms with E-state index in [1.54, 1.807) is 0 Å². The molecular weight excluding hydrogens is 258 g/mol. The third-order valence-corrected chi connectivity index (χ3v) is 4.65. The van der Waals surface area contributed by atoms with Crippen LogP contribution in [0.3, 0.4) is 0 Å². The molecule has 1 heterocycles. The van der Waals surface area contributed by atoms with E-state index in [2.05, 4.69) is 48.5 Å². The van der Waals surface area contributed by atoms with E-state index in [1.165, 1.54) is 27.9 Å². The molecule has 1 aromatic heterocycles. The molecule has 3 rings (SSSR count). The van der Waals surface area contributed by atoms with Gasteiger partial charge < -0.3 is 0 Å². The smallest absolute Gasteiger partial charge is 0.0482 e. The van der Waals surface area contributed by atoms with Crippen LogP contribution in [-0.2, 0) is 12.8 Å². The minimum atomic E-state index is 0.238. The summed E-state index contributed by atoms with van der Waals surface area (Å²) in [6, 6.07) is 11.1. The molecular formula is C18H23N3. The molecule has 2 atom stereocenters. The molecule has 0 saturated carbocycles. The standard InChI is InChI=1S/C18H23N3/c1-12-5-6-13(2)15(10-12)11-17(21-19)16-8-7-14-4-3-9-20-18(14)16/h3-6,9-10,16-17,21H,7-8,11,19H2,1-2H3. The van der Waals surface area contributed by atoms with Crippen LogP contribution in [0.2, 0.25) is 0 Å². The maximum atomic E-state index is 5.87. The van der Waals surface area contributed by atoms with E-state index in [-0.39, 0.29) is 6.04 Å². The number of nitrogens with one attached hydrogen (secondary N) is 1. The van der Waals surface area contributed by atoms with Gasteiger partial charge in [0, 0.05) is 23.9 Å². The van der Waals surface area contributed by atoms with Gasteiger partial charge in [0.1, 0.15) is 0 Å². The number of benzene rings is 1. The number of hydrogen-bond donors (Lipinski definition) is 2.